The van der Waals surface area contributed by atoms with Gasteiger partial charge in [0.25, 0.3) is 5.91 Å². The van der Waals surface area contributed by atoms with Gasteiger partial charge in [-0.1, -0.05) is 25.1 Å². The van der Waals surface area contributed by atoms with Crippen LogP contribution >= 0.6 is 0 Å². The summed E-state index contributed by atoms with van der Waals surface area (Å²) in [6, 6.07) is 9.96. The first-order chi connectivity index (χ1) is 18.8. The maximum atomic E-state index is 13.2. The summed E-state index contributed by atoms with van der Waals surface area (Å²) < 4.78 is 33.7. The zero-order chi connectivity index (χ0) is 28.2. The molecule has 0 saturated carbocycles. The van der Waals surface area contributed by atoms with Gasteiger partial charge < -0.3 is 33.7 Å². The molecule has 1 aliphatic heterocycles. The number of nitrogens with zero attached hydrogens (tertiary/aromatic N) is 1. The van der Waals surface area contributed by atoms with Crippen LogP contribution in [0.5, 0.6) is 17.2 Å². The van der Waals surface area contributed by atoms with Crippen molar-refractivity contribution in [2.45, 2.75) is 70.8 Å². The Morgan fingerprint density at radius 1 is 1.15 bits per heavy atom. The molecule has 1 amide bonds. The number of benzene rings is 1. The van der Waals surface area contributed by atoms with Crippen LogP contribution in [0.1, 0.15) is 56.9 Å². The Morgan fingerprint density at radius 2 is 1.92 bits per heavy atom. The Labute approximate surface area is 228 Å². The van der Waals surface area contributed by atoms with E-state index in [1.165, 1.54) is 26.3 Å². The van der Waals surface area contributed by atoms with E-state index in [0.29, 0.717) is 31.6 Å². The summed E-state index contributed by atoms with van der Waals surface area (Å²) in [6.45, 7) is 5.03. The molecule has 11 heteroatoms. The maximum Gasteiger partial charge on any atom is 0.329 e. The number of nitrogens with one attached hydrogen (secondary N) is 1. The first-order valence-corrected chi connectivity index (χ1v) is 13.0. The fourth-order valence-electron chi connectivity index (χ4n) is 4.16. The highest BCUT2D eigenvalue weighted by atomic mass is 16.7. The second-order valence-electron chi connectivity index (χ2n) is 8.99. The van der Waals surface area contributed by atoms with Crippen LogP contribution in [0.3, 0.4) is 0 Å². The molecule has 1 N–H and O–H groups in total. The van der Waals surface area contributed by atoms with Gasteiger partial charge in [-0.2, -0.15) is 0 Å². The number of esters is 2. The van der Waals surface area contributed by atoms with Crippen LogP contribution in [0, 0.1) is 0 Å². The van der Waals surface area contributed by atoms with Crippen LogP contribution in [-0.4, -0.2) is 67.7 Å². The van der Waals surface area contributed by atoms with Crippen LogP contribution in [0.2, 0.25) is 0 Å². The van der Waals surface area contributed by atoms with Crippen molar-refractivity contribution in [2.75, 3.05) is 20.5 Å². The molecule has 3 rings (SSSR count). The number of methoxy groups -OCH3 is 1. The van der Waals surface area contributed by atoms with E-state index < -0.39 is 42.9 Å². The molecular formula is C28H36N2O9. The third kappa shape index (κ3) is 8.57. The molecule has 0 bridgehead atoms. The van der Waals surface area contributed by atoms with Gasteiger partial charge in [0.15, 0.2) is 17.2 Å². The van der Waals surface area contributed by atoms with Crippen molar-refractivity contribution in [1.29, 1.82) is 0 Å². The van der Waals surface area contributed by atoms with Crippen molar-refractivity contribution in [3.63, 3.8) is 0 Å². The van der Waals surface area contributed by atoms with E-state index >= 15 is 0 Å². The van der Waals surface area contributed by atoms with E-state index in [2.05, 4.69) is 10.3 Å². The average molecular weight is 545 g/mol. The highest BCUT2D eigenvalue weighted by Gasteiger charge is 2.36. The van der Waals surface area contributed by atoms with Crippen molar-refractivity contribution in [1.82, 2.24) is 10.3 Å². The molecule has 4 unspecified atom stereocenters. The number of cyclic esters (lactones) is 1. The Hall–Kier alpha value is -3.86. The molecule has 1 fully saturated rings. The lowest BCUT2D eigenvalue weighted by molar-refractivity contribution is -0.163. The van der Waals surface area contributed by atoms with Crippen molar-refractivity contribution >= 4 is 17.8 Å². The largest absolute Gasteiger partial charge is 0.493 e. The van der Waals surface area contributed by atoms with Gasteiger partial charge in [-0.15, -0.1) is 0 Å². The minimum Gasteiger partial charge on any atom is -0.493 e. The molecule has 0 radical (unpaired) electrons. The summed E-state index contributed by atoms with van der Waals surface area (Å²) in [5.41, 5.74) is -0.128. The lowest BCUT2D eigenvalue weighted by Gasteiger charge is -2.31. The molecule has 2 heterocycles. The standard InChI is InChI=1S/C28H36N2O9/c1-5-16-35-25-18(2)38-28(33)21(12-9-13-23(25)39-20-10-7-6-8-11-20)30-27(32)24-26(37-17-36-19(3)31)22(34-4)14-15-29-24/h6-8,10-11,14-15,18,21,23,25H,5,9,12-13,16-17H2,1-4H3,(H,30,32). The van der Waals surface area contributed by atoms with Crippen LogP contribution in [0.4, 0.5) is 0 Å². The molecule has 1 aliphatic rings. The predicted molar refractivity (Wildman–Crippen MR) is 140 cm³/mol. The minimum absolute atomic E-state index is 0.0205. The summed E-state index contributed by atoms with van der Waals surface area (Å²) in [6.07, 6.45) is 2.11. The average Bonchev–Trinajstić information content (AvgIpc) is 2.96. The van der Waals surface area contributed by atoms with E-state index in [0.717, 1.165) is 6.42 Å². The first kappa shape index (κ1) is 29.7. The van der Waals surface area contributed by atoms with Crippen molar-refractivity contribution < 1.29 is 42.8 Å². The zero-order valence-corrected chi connectivity index (χ0v) is 22.7. The number of carbonyl (C=O) groups excluding carboxylic acids is 3. The van der Waals surface area contributed by atoms with Crippen LogP contribution in [0.15, 0.2) is 42.6 Å². The first-order valence-electron chi connectivity index (χ1n) is 13.0. The van der Waals surface area contributed by atoms with Gasteiger partial charge in [0.05, 0.1) is 7.11 Å². The lowest BCUT2D eigenvalue weighted by Crippen LogP contribution is -2.46. The molecule has 2 aromatic rings. The van der Waals surface area contributed by atoms with E-state index in [1.807, 2.05) is 37.3 Å². The summed E-state index contributed by atoms with van der Waals surface area (Å²) in [4.78, 5) is 41.7. The molecule has 1 saturated heterocycles. The number of rotatable bonds is 11. The van der Waals surface area contributed by atoms with E-state index in [4.69, 9.17) is 28.4 Å². The molecule has 212 valence electrons. The second kappa shape index (κ2) is 14.9. The zero-order valence-electron chi connectivity index (χ0n) is 22.7. The molecule has 11 nitrogen and oxygen atoms in total. The molecule has 1 aromatic heterocycles. The predicted octanol–water partition coefficient (Wildman–Crippen LogP) is 3.45. The van der Waals surface area contributed by atoms with Gasteiger partial charge in [0.1, 0.15) is 30.1 Å². The highest BCUT2D eigenvalue weighted by molar-refractivity contribution is 5.98. The number of hydrogen-bond donors (Lipinski definition) is 1. The normalized spacial score (nSPS) is 21.4. The maximum absolute atomic E-state index is 13.2. The Morgan fingerprint density at radius 3 is 2.62 bits per heavy atom. The third-order valence-electron chi connectivity index (χ3n) is 6.02. The van der Waals surface area contributed by atoms with Gasteiger partial charge >= 0.3 is 11.9 Å². The van der Waals surface area contributed by atoms with Crippen LogP contribution in [0.25, 0.3) is 0 Å². The van der Waals surface area contributed by atoms with Crippen LogP contribution < -0.4 is 19.5 Å². The quantitative estimate of drug-likeness (QED) is 0.331. The van der Waals surface area contributed by atoms with Crippen molar-refractivity contribution in [3.05, 3.63) is 48.3 Å². The van der Waals surface area contributed by atoms with Crippen molar-refractivity contribution in [2.24, 2.45) is 0 Å². The summed E-state index contributed by atoms with van der Waals surface area (Å²) >= 11 is 0. The monoisotopic (exact) mass is 544 g/mol. The second-order valence-corrected chi connectivity index (χ2v) is 8.99. The third-order valence-corrected chi connectivity index (χ3v) is 6.02. The SMILES string of the molecule is CCCOC1C(C)OC(=O)C(NC(=O)c2nccc(OC)c2OCOC(C)=O)CCCC1Oc1ccccc1. The van der Waals surface area contributed by atoms with Crippen molar-refractivity contribution in [3.8, 4) is 17.2 Å². The fourth-order valence-corrected chi connectivity index (χ4v) is 4.16. The van der Waals surface area contributed by atoms with Gasteiger partial charge in [0, 0.05) is 25.8 Å². The summed E-state index contributed by atoms with van der Waals surface area (Å²) in [5.74, 6) is -0.927. The molecule has 39 heavy (non-hydrogen) atoms. The number of para-hydroxylation sites is 1. The summed E-state index contributed by atoms with van der Waals surface area (Å²) in [5, 5.41) is 2.71. The molecule has 1 aromatic carbocycles. The number of aromatic nitrogens is 1. The number of pyridine rings is 1. The Bertz CT molecular complexity index is 1100. The van der Waals surface area contributed by atoms with Crippen LogP contribution in [-0.2, 0) is 23.8 Å². The molecule has 4 atom stereocenters. The van der Waals surface area contributed by atoms with Gasteiger partial charge in [-0.05, 0) is 44.7 Å². The van der Waals surface area contributed by atoms with Gasteiger partial charge in [-0.3, -0.25) is 9.59 Å². The highest BCUT2D eigenvalue weighted by Crippen LogP contribution is 2.30. The smallest absolute Gasteiger partial charge is 0.329 e. The topological polar surface area (TPSA) is 132 Å². The van der Waals surface area contributed by atoms with Gasteiger partial charge in [0.2, 0.25) is 6.79 Å². The number of hydrogen-bond acceptors (Lipinski definition) is 10. The summed E-state index contributed by atoms with van der Waals surface area (Å²) in [7, 11) is 1.40. The fraction of sp³-hybridized carbons (Fsp3) is 0.500. The molecular weight excluding hydrogens is 508 g/mol. The van der Waals surface area contributed by atoms with E-state index in [1.54, 1.807) is 6.92 Å². The number of amides is 1. The minimum atomic E-state index is -0.948. The van der Waals surface area contributed by atoms with Gasteiger partial charge in [-0.25, -0.2) is 9.78 Å². The lowest BCUT2D eigenvalue weighted by atomic mass is 10.0. The Balaban J connectivity index is 1.77. The molecule has 0 spiro atoms. The van der Waals surface area contributed by atoms with E-state index in [-0.39, 0.29) is 23.3 Å². The van der Waals surface area contributed by atoms with E-state index in [9.17, 15) is 14.4 Å². The number of carbonyl (C=O) groups is 3. The Kier molecular flexibility index (Phi) is 11.4. The molecule has 0 aliphatic carbocycles. The number of ether oxygens (including phenoxy) is 6.